The summed E-state index contributed by atoms with van der Waals surface area (Å²) in [6.45, 7) is 7.34. The van der Waals surface area contributed by atoms with Crippen LogP contribution in [0.2, 0.25) is 0 Å². The number of para-hydroxylation sites is 1. The van der Waals surface area contributed by atoms with Crippen molar-refractivity contribution in [2.24, 2.45) is 11.8 Å². The highest BCUT2D eigenvalue weighted by Gasteiger charge is 2.33. The zero-order valence-corrected chi connectivity index (χ0v) is 34.2. The molecular weight excluding hydrogens is 810 g/mol. The molecule has 2 N–H and O–H groups in total. The Morgan fingerprint density at radius 1 is 0.849 bits per heavy atom. The van der Waals surface area contributed by atoms with Gasteiger partial charge in [-0.3, -0.25) is 14.5 Å². The molecule has 4 amide bonds. The molecule has 12 nitrogen and oxygen atoms in total. The number of phenolic OH excluding ortho intramolecular Hbond substituents is 1. The van der Waals surface area contributed by atoms with E-state index in [4.69, 9.17) is 9.47 Å². The third-order valence-corrected chi connectivity index (χ3v) is 12.4. The lowest BCUT2D eigenvalue weighted by molar-refractivity contribution is -0.142. The molecule has 290 valence electrons. The van der Waals surface area contributed by atoms with Crippen molar-refractivity contribution in [1.29, 1.82) is 0 Å². The van der Waals surface area contributed by atoms with E-state index in [0.717, 1.165) is 82.4 Å². The number of anilines is 1. The van der Waals surface area contributed by atoms with Gasteiger partial charge in [-0.2, -0.15) is 0 Å². The van der Waals surface area contributed by atoms with E-state index in [1.165, 1.54) is 19.8 Å². The Labute approximate surface area is 329 Å². The molecule has 0 unspecified atom stereocenters. The predicted molar refractivity (Wildman–Crippen MR) is 210 cm³/mol. The topological polar surface area (TPSA) is 132 Å². The van der Waals surface area contributed by atoms with Gasteiger partial charge in [-0.25, -0.2) is 9.59 Å². The number of nitrogens with one attached hydrogen (secondary N) is 1. The summed E-state index contributed by atoms with van der Waals surface area (Å²) in [5, 5.41) is 12.9. The van der Waals surface area contributed by atoms with Gasteiger partial charge in [-0.1, -0.05) is 25.1 Å². The lowest BCUT2D eigenvalue weighted by Gasteiger charge is -2.42. The van der Waals surface area contributed by atoms with Crippen molar-refractivity contribution in [3.8, 4) is 5.75 Å². The molecule has 1 saturated carbocycles. The van der Waals surface area contributed by atoms with E-state index < -0.39 is 0 Å². The highest BCUT2D eigenvalue weighted by atomic mass is 79.9. The predicted octanol–water partition coefficient (Wildman–Crippen LogP) is 6.67. The third kappa shape index (κ3) is 10.9. The van der Waals surface area contributed by atoms with Gasteiger partial charge in [-0.05, 0) is 118 Å². The summed E-state index contributed by atoms with van der Waals surface area (Å²) in [6, 6.07) is 12.4. The van der Waals surface area contributed by atoms with Gasteiger partial charge < -0.3 is 34.6 Å². The van der Waals surface area contributed by atoms with Gasteiger partial charge in [0.15, 0.2) is 0 Å². The first-order chi connectivity index (χ1) is 25.5. The number of carbonyl (C=O) groups is 4. The Morgan fingerprint density at radius 2 is 1.49 bits per heavy atom. The normalized spacial score (nSPS) is 21.7. The molecule has 0 radical (unpaired) electrons. The molecule has 14 heteroatoms. The molecular formula is C39H53Br2N5O7. The first-order valence-electron chi connectivity index (χ1n) is 18.7. The van der Waals surface area contributed by atoms with Gasteiger partial charge in [-0.15, -0.1) is 0 Å². The fourth-order valence-corrected chi connectivity index (χ4v) is 9.34. The van der Waals surface area contributed by atoms with Crippen LogP contribution in [0, 0.1) is 11.8 Å². The Balaban J connectivity index is 0.000000216. The van der Waals surface area contributed by atoms with Crippen LogP contribution < -0.4 is 5.32 Å². The molecule has 0 spiro atoms. The van der Waals surface area contributed by atoms with Gasteiger partial charge in [0, 0.05) is 75.9 Å². The molecule has 53 heavy (non-hydrogen) atoms. The number of likely N-dealkylation sites (tertiary alicyclic amines) is 1. The van der Waals surface area contributed by atoms with Crippen LogP contribution in [0.3, 0.4) is 0 Å². The summed E-state index contributed by atoms with van der Waals surface area (Å²) in [5.41, 5.74) is 3.09. The Hall–Kier alpha value is -3.36. The molecule has 2 aromatic rings. The molecule has 0 aromatic heterocycles. The van der Waals surface area contributed by atoms with Crippen molar-refractivity contribution in [2.75, 3.05) is 65.3 Å². The number of esters is 1. The summed E-state index contributed by atoms with van der Waals surface area (Å²) < 4.78 is 10.8. The van der Waals surface area contributed by atoms with Crippen molar-refractivity contribution >= 4 is 61.5 Å². The van der Waals surface area contributed by atoms with Crippen LogP contribution >= 0.6 is 31.9 Å². The minimum Gasteiger partial charge on any atom is -0.506 e. The van der Waals surface area contributed by atoms with E-state index >= 15 is 0 Å². The number of hydrogen-bond acceptors (Lipinski definition) is 8. The Morgan fingerprint density at radius 3 is 2.11 bits per heavy atom. The van der Waals surface area contributed by atoms with Gasteiger partial charge in [0.2, 0.25) is 5.91 Å². The highest BCUT2D eigenvalue weighted by Crippen LogP contribution is 2.35. The van der Waals surface area contributed by atoms with Gasteiger partial charge in [0.1, 0.15) is 5.75 Å². The summed E-state index contributed by atoms with van der Waals surface area (Å²) in [6.07, 6.45) is 7.72. The van der Waals surface area contributed by atoms with Crippen molar-refractivity contribution in [1.82, 2.24) is 19.6 Å². The van der Waals surface area contributed by atoms with Crippen LogP contribution in [-0.2, 0) is 31.9 Å². The second-order valence-electron chi connectivity index (χ2n) is 14.5. The first-order valence-corrected chi connectivity index (χ1v) is 20.3. The Bertz CT molecular complexity index is 1560. The fourth-order valence-electron chi connectivity index (χ4n) is 8.06. The number of halogens is 2. The van der Waals surface area contributed by atoms with Crippen LogP contribution in [0.5, 0.6) is 5.75 Å². The van der Waals surface area contributed by atoms with E-state index in [1.807, 2.05) is 47.1 Å². The zero-order chi connectivity index (χ0) is 38.1. The molecule has 3 aliphatic heterocycles. The van der Waals surface area contributed by atoms with Crippen LogP contribution in [0.4, 0.5) is 15.3 Å². The molecule has 3 heterocycles. The van der Waals surface area contributed by atoms with Crippen molar-refractivity contribution in [3.63, 3.8) is 0 Å². The zero-order valence-electron chi connectivity index (χ0n) is 31.0. The minimum atomic E-state index is -0.286. The molecule has 6 rings (SSSR count). The van der Waals surface area contributed by atoms with Crippen LogP contribution in [0.1, 0.15) is 63.0 Å². The average molecular weight is 864 g/mol. The van der Waals surface area contributed by atoms with E-state index in [1.54, 1.807) is 4.90 Å². The van der Waals surface area contributed by atoms with Crippen LogP contribution in [-0.4, -0.2) is 121 Å². The molecule has 0 bridgehead atoms. The smallest absolute Gasteiger partial charge is 0.409 e. The maximum atomic E-state index is 13.0. The van der Waals surface area contributed by atoms with E-state index in [0.29, 0.717) is 53.4 Å². The lowest BCUT2D eigenvalue weighted by Crippen LogP contribution is -2.53. The number of rotatable bonds is 7. The number of nitrogens with zero attached hydrogens (tertiary/aromatic N) is 4. The number of amides is 4. The standard InChI is InChI=1S/C23H32Br2N2O4.C16H21N3O3/c1-15(11-17-12-19(24)22(29)20(25)13-17)23(30)27-9-7-26(8-10-27)18-5-3-16(4-6-18)14-21(28)31-2;1-22-16(21)18-9-7-13(8-10-18)19-11-6-12-4-2-3-5-14(12)17-15(19)20/h12-13,15-16,18,29H,3-11,14H2,1-2H3;2-5,13H,6-11H2,1H3,(H,17,20)/t15-,16?,18?;/m1./s1. The fraction of sp³-hybridized carbons (Fsp3) is 0.590. The van der Waals surface area contributed by atoms with Crippen LogP contribution in [0.25, 0.3) is 0 Å². The lowest BCUT2D eigenvalue weighted by atomic mass is 9.83. The number of aromatic hydroxyl groups is 1. The molecule has 3 fully saturated rings. The van der Waals surface area contributed by atoms with Gasteiger partial charge in [0.25, 0.3) is 0 Å². The Kier molecular flexibility index (Phi) is 14.9. The van der Waals surface area contributed by atoms with Crippen molar-refractivity contribution in [3.05, 3.63) is 56.5 Å². The van der Waals surface area contributed by atoms with Crippen LogP contribution in [0.15, 0.2) is 45.3 Å². The summed E-state index contributed by atoms with van der Waals surface area (Å²) in [5.74, 6) is 0.618. The third-order valence-electron chi connectivity index (χ3n) is 11.2. The van der Waals surface area contributed by atoms with Crippen molar-refractivity contribution < 1.29 is 33.8 Å². The van der Waals surface area contributed by atoms with Crippen molar-refractivity contribution in [2.45, 2.75) is 76.8 Å². The van der Waals surface area contributed by atoms with Gasteiger partial charge >= 0.3 is 18.1 Å². The minimum absolute atomic E-state index is 0.0403. The SMILES string of the molecule is COC(=O)CC1CCC(N2CCN(C(=O)[C@H](C)Cc3cc(Br)c(O)c(Br)c3)CC2)CC1.COC(=O)N1CCC(N2CCc3ccccc3NC2=O)CC1. The molecule has 2 aromatic carbocycles. The maximum Gasteiger partial charge on any atom is 0.409 e. The van der Waals surface area contributed by atoms with E-state index in [9.17, 15) is 24.3 Å². The molecule has 1 atom stereocenters. The quantitative estimate of drug-likeness (QED) is 0.296. The summed E-state index contributed by atoms with van der Waals surface area (Å²) >= 11 is 6.72. The number of benzene rings is 2. The second kappa shape index (κ2) is 19.3. The highest BCUT2D eigenvalue weighted by molar-refractivity contribution is 9.11. The van der Waals surface area contributed by atoms with E-state index in [-0.39, 0.29) is 41.7 Å². The average Bonchev–Trinajstić information content (AvgIpc) is 3.34. The number of methoxy groups -OCH3 is 2. The largest absolute Gasteiger partial charge is 0.506 e. The number of ether oxygens (including phenoxy) is 2. The molecule has 2 saturated heterocycles. The van der Waals surface area contributed by atoms with E-state index in [2.05, 4.69) is 48.1 Å². The van der Waals surface area contributed by atoms with Gasteiger partial charge in [0.05, 0.1) is 23.2 Å². The number of fused-ring (bicyclic) bond motifs is 1. The number of phenols is 1. The number of carbonyl (C=O) groups excluding carboxylic acids is 4. The monoisotopic (exact) mass is 861 g/mol. The maximum absolute atomic E-state index is 13.0. The summed E-state index contributed by atoms with van der Waals surface area (Å²) in [4.78, 5) is 56.6. The number of urea groups is 1. The first kappa shape index (κ1) is 40.8. The number of piperazine rings is 1. The summed E-state index contributed by atoms with van der Waals surface area (Å²) in [7, 11) is 2.85. The number of hydrogen-bond donors (Lipinski definition) is 2. The molecule has 1 aliphatic carbocycles. The second-order valence-corrected chi connectivity index (χ2v) is 16.3. The molecule has 4 aliphatic rings. The number of piperidine rings is 1.